The molecule has 0 aliphatic heterocycles. The van der Waals surface area contributed by atoms with Gasteiger partial charge in [0.05, 0.1) is 24.2 Å². The topological polar surface area (TPSA) is 52.7 Å². The predicted octanol–water partition coefficient (Wildman–Crippen LogP) is 4.82. The van der Waals surface area contributed by atoms with Gasteiger partial charge < -0.3 is 0 Å². The smallest absolute Gasteiger partial charge is 0.265 e. The van der Waals surface area contributed by atoms with Crippen molar-refractivity contribution in [2.45, 2.75) is 53.1 Å². The van der Waals surface area contributed by atoms with Crippen molar-refractivity contribution in [3.05, 3.63) is 57.3 Å². The maximum atomic E-state index is 13.8. The van der Waals surface area contributed by atoms with Crippen LogP contribution in [0.4, 0.5) is 4.39 Å². The lowest BCUT2D eigenvalue weighted by molar-refractivity contribution is 0.585. The van der Waals surface area contributed by atoms with E-state index in [2.05, 4.69) is 10.2 Å². The Bertz CT molecular complexity index is 931. The Morgan fingerprint density at radius 1 is 1.19 bits per heavy atom. The van der Waals surface area contributed by atoms with Gasteiger partial charge in [0.15, 0.2) is 5.52 Å². The van der Waals surface area contributed by atoms with Gasteiger partial charge >= 0.3 is 0 Å². The van der Waals surface area contributed by atoms with Crippen molar-refractivity contribution in [2.75, 3.05) is 0 Å². The Balaban J connectivity index is 0.000000570. The van der Waals surface area contributed by atoms with Gasteiger partial charge in [-0.2, -0.15) is 10.2 Å². The molecule has 0 amide bonds. The SMILES string of the molecule is CC.CC.O=c1c2nn(Cc3ccccc3F)c(Cl)c2cnn1C1CC1. The molecule has 0 saturated heterocycles. The lowest BCUT2D eigenvalue weighted by atomic mass is 10.2. The predicted molar refractivity (Wildman–Crippen MR) is 103 cm³/mol. The van der Waals surface area contributed by atoms with E-state index in [0.29, 0.717) is 16.1 Å². The highest BCUT2D eigenvalue weighted by molar-refractivity contribution is 6.34. The third kappa shape index (κ3) is 3.96. The number of hydrogen-bond acceptors (Lipinski definition) is 3. The summed E-state index contributed by atoms with van der Waals surface area (Å²) in [6.45, 7) is 8.17. The monoisotopic (exact) mass is 378 g/mol. The van der Waals surface area contributed by atoms with Gasteiger partial charge in [0, 0.05) is 5.56 Å². The zero-order chi connectivity index (χ0) is 19.3. The molecule has 2 heterocycles. The fraction of sp³-hybridized carbons (Fsp3) is 0.421. The minimum Gasteiger partial charge on any atom is -0.265 e. The van der Waals surface area contributed by atoms with Crippen LogP contribution in [-0.2, 0) is 6.54 Å². The van der Waals surface area contributed by atoms with Crippen LogP contribution < -0.4 is 5.56 Å². The molecule has 1 aliphatic rings. The van der Waals surface area contributed by atoms with Gasteiger partial charge in [0.25, 0.3) is 5.56 Å². The molecular weight excluding hydrogens is 355 g/mol. The van der Waals surface area contributed by atoms with Crippen molar-refractivity contribution >= 4 is 22.5 Å². The van der Waals surface area contributed by atoms with E-state index in [4.69, 9.17) is 11.6 Å². The van der Waals surface area contributed by atoms with E-state index in [1.54, 1.807) is 24.4 Å². The normalized spacial score (nSPS) is 12.8. The second kappa shape index (κ2) is 8.94. The zero-order valence-corrected chi connectivity index (χ0v) is 16.3. The summed E-state index contributed by atoms with van der Waals surface area (Å²) >= 11 is 6.27. The first-order chi connectivity index (χ1) is 12.6. The number of fused-ring (bicyclic) bond motifs is 1. The highest BCUT2D eigenvalue weighted by atomic mass is 35.5. The third-order valence-corrected chi connectivity index (χ3v) is 4.22. The van der Waals surface area contributed by atoms with Crippen LogP contribution in [0, 0.1) is 5.82 Å². The molecule has 0 unspecified atom stereocenters. The second-order valence-corrected chi connectivity index (χ2v) is 5.79. The molecule has 0 spiro atoms. The molecule has 26 heavy (non-hydrogen) atoms. The third-order valence-electron chi connectivity index (χ3n) is 3.82. The minimum absolute atomic E-state index is 0.170. The molecule has 1 aliphatic carbocycles. The van der Waals surface area contributed by atoms with Crippen molar-refractivity contribution in [1.82, 2.24) is 19.6 Å². The van der Waals surface area contributed by atoms with Crippen molar-refractivity contribution in [3.8, 4) is 0 Å². The molecule has 4 rings (SSSR count). The largest absolute Gasteiger partial charge is 0.295 e. The average Bonchev–Trinajstić information content (AvgIpc) is 3.47. The van der Waals surface area contributed by atoms with Crippen LogP contribution in [0.2, 0.25) is 5.15 Å². The quantitative estimate of drug-likeness (QED) is 0.656. The van der Waals surface area contributed by atoms with E-state index in [1.807, 2.05) is 27.7 Å². The summed E-state index contributed by atoms with van der Waals surface area (Å²) in [5, 5.41) is 9.22. The van der Waals surface area contributed by atoms with Gasteiger partial charge in [0.2, 0.25) is 0 Å². The molecule has 7 heteroatoms. The molecule has 0 radical (unpaired) electrons. The fourth-order valence-electron chi connectivity index (χ4n) is 2.48. The van der Waals surface area contributed by atoms with Crippen LogP contribution in [0.15, 0.2) is 35.3 Å². The van der Waals surface area contributed by atoms with E-state index >= 15 is 0 Å². The van der Waals surface area contributed by atoms with E-state index in [-0.39, 0.29) is 29.5 Å². The average molecular weight is 379 g/mol. The second-order valence-electron chi connectivity index (χ2n) is 5.43. The summed E-state index contributed by atoms with van der Waals surface area (Å²) < 4.78 is 16.7. The van der Waals surface area contributed by atoms with E-state index < -0.39 is 0 Å². The number of rotatable bonds is 3. The van der Waals surface area contributed by atoms with Gasteiger partial charge in [-0.05, 0) is 18.9 Å². The van der Waals surface area contributed by atoms with Crippen molar-refractivity contribution in [3.63, 3.8) is 0 Å². The first-order valence-corrected chi connectivity index (χ1v) is 9.40. The lowest BCUT2D eigenvalue weighted by Gasteiger charge is -2.04. The Morgan fingerprint density at radius 2 is 1.85 bits per heavy atom. The van der Waals surface area contributed by atoms with Crippen LogP contribution in [0.25, 0.3) is 10.9 Å². The maximum absolute atomic E-state index is 13.8. The van der Waals surface area contributed by atoms with Crippen LogP contribution in [-0.4, -0.2) is 19.6 Å². The fourth-order valence-corrected chi connectivity index (χ4v) is 2.72. The number of nitrogens with zero attached hydrogens (tertiary/aromatic N) is 4. The van der Waals surface area contributed by atoms with Crippen molar-refractivity contribution in [2.24, 2.45) is 0 Å². The van der Waals surface area contributed by atoms with E-state index in [1.165, 1.54) is 15.4 Å². The minimum atomic E-state index is -0.327. The molecule has 1 fully saturated rings. The maximum Gasteiger partial charge on any atom is 0.295 e. The van der Waals surface area contributed by atoms with Crippen LogP contribution in [0.1, 0.15) is 52.1 Å². The standard InChI is InChI=1S/C15H12ClFN4O.2C2H6/c16-14-11-7-18-21(10-5-6-10)15(22)13(11)19-20(14)8-9-3-1-2-4-12(9)17;2*1-2/h1-4,7,10H,5-6,8H2;2*1-2H3. The Morgan fingerprint density at radius 3 is 2.46 bits per heavy atom. The van der Waals surface area contributed by atoms with Crippen LogP contribution >= 0.6 is 11.6 Å². The zero-order valence-electron chi connectivity index (χ0n) is 15.5. The summed E-state index contributed by atoms with van der Waals surface area (Å²) in [5.41, 5.74) is 0.505. The van der Waals surface area contributed by atoms with Gasteiger partial charge in [-0.1, -0.05) is 57.5 Å². The first kappa shape index (κ1) is 20.1. The lowest BCUT2D eigenvalue weighted by Crippen LogP contribution is -2.21. The molecule has 1 saturated carbocycles. The van der Waals surface area contributed by atoms with Gasteiger partial charge in [0.1, 0.15) is 11.0 Å². The highest BCUT2D eigenvalue weighted by Crippen LogP contribution is 2.33. The van der Waals surface area contributed by atoms with Gasteiger partial charge in [-0.15, -0.1) is 0 Å². The molecule has 5 nitrogen and oxygen atoms in total. The van der Waals surface area contributed by atoms with E-state index in [9.17, 15) is 9.18 Å². The Labute approximate surface area is 157 Å². The number of halogens is 2. The summed E-state index contributed by atoms with van der Waals surface area (Å²) in [5.74, 6) is -0.327. The molecule has 3 aromatic rings. The van der Waals surface area contributed by atoms with Gasteiger partial charge in [-0.25, -0.2) is 13.8 Å². The number of benzene rings is 1. The van der Waals surface area contributed by atoms with E-state index in [0.717, 1.165) is 12.8 Å². The molecule has 2 aromatic heterocycles. The summed E-state index contributed by atoms with van der Waals surface area (Å²) in [6.07, 6.45) is 3.48. The Kier molecular flexibility index (Phi) is 6.91. The highest BCUT2D eigenvalue weighted by Gasteiger charge is 2.27. The first-order valence-electron chi connectivity index (χ1n) is 9.02. The van der Waals surface area contributed by atoms with Crippen LogP contribution in [0.5, 0.6) is 0 Å². The molecule has 140 valence electrons. The summed E-state index contributed by atoms with van der Waals surface area (Å²) in [7, 11) is 0. The molecule has 0 atom stereocenters. The van der Waals surface area contributed by atoms with Crippen molar-refractivity contribution in [1.29, 1.82) is 0 Å². The summed E-state index contributed by atoms with van der Waals surface area (Å²) in [4.78, 5) is 12.4. The van der Waals surface area contributed by atoms with Crippen LogP contribution in [0.3, 0.4) is 0 Å². The Hall–Kier alpha value is -2.21. The molecule has 0 bridgehead atoms. The summed E-state index contributed by atoms with van der Waals surface area (Å²) in [6, 6.07) is 6.59. The molecule has 1 aromatic carbocycles. The number of aromatic nitrogens is 4. The molecule has 0 N–H and O–H groups in total. The van der Waals surface area contributed by atoms with Gasteiger partial charge in [-0.3, -0.25) is 4.79 Å². The number of hydrogen-bond donors (Lipinski definition) is 0. The molecular formula is C19H24ClFN4O. The van der Waals surface area contributed by atoms with Crippen molar-refractivity contribution < 1.29 is 4.39 Å².